The molecule has 1 N–H and O–H groups in total. The fourth-order valence-corrected chi connectivity index (χ4v) is 7.43. The monoisotopic (exact) mass is 516 g/mol. The summed E-state index contributed by atoms with van der Waals surface area (Å²) in [6.45, 7) is 2.03. The average Bonchev–Trinajstić information content (AvgIpc) is 3.66. The molecule has 3 aliphatic heterocycles. The van der Waals surface area contributed by atoms with Crippen LogP contribution in [0.15, 0.2) is 102 Å². The molecule has 7 rings (SSSR count). The van der Waals surface area contributed by atoms with E-state index in [1.54, 1.807) is 18.2 Å². The van der Waals surface area contributed by atoms with Crippen LogP contribution in [0.5, 0.6) is 0 Å². The van der Waals surface area contributed by atoms with Crippen LogP contribution < -0.4 is 10.2 Å². The first kappa shape index (κ1) is 22.9. The molecule has 6 heteroatoms. The molecule has 4 aromatic rings. The van der Waals surface area contributed by atoms with Crippen molar-refractivity contribution < 1.29 is 14.4 Å². The number of hydrogen-bond acceptors (Lipinski definition) is 5. The summed E-state index contributed by atoms with van der Waals surface area (Å²) in [5, 5.41) is 4.95. The summed E-state index contributed by atoms with van der Waals surface area (Å²) in [4.78, 5) is 46.0. The zero-order chi connectivity index (χ0) is 26.0. The number of Topliss-reactive ketones (excluding diaryl/α,β-unsaturated/α-hetero) is 2. The molecule has 5 nitrogen and oxygen atoms in total. The second-order valence-electron chi connectivity index (χ2n) is 10.1. The third-order valence-corrected chi connectivity index (χ3v) is 9.14. The molecule has 38 heavy (non-hydrogen) atoms. The largest absolute Gasteiger partial charge is 0.352 e. The SMILES string of the molecule is CC1=C[C@@H]2N(c3ccccc31)[C@H](C(=O)c1cccs1)[C@H](C(=O)c1ccccc1)[C@]21C(=O)Nc2ccccc21. The van der Waals surface area contributed by atoms with Crippen molar-refractivity contribution in [2.24, 2.45) is 5.92 Å². The molecule has 4 heterocycles. The zero-order valence-corrected chi connectivity index (χ0v) is 21.4. The van der Waals surface area contributed by atoms with Gasteiger partial charge in [0.1, 0.15) is 11.5 Å². The lowest BCUT2D eigenvalue weighted by Crippen LogP contribution is -2.51. The molecule has 186 valence electrons. The Morgan fingerprint density at radius 1 is 0.868 bits per heavy atom. The number of hydrogen-bond donors (Lipinski definition) is 1. The maximum Gasteiger partial charge on any atom is 0.238 e. The highest BCUT2D eigenvalue weighted by atomic mass is 32.1. The Morgan fingerprint density at radius 2 is 1.61 bits per heavy atom. The fourth-order valence-electron chi connectivity index (χ4n) is 6.73. The molecular weight excluding hydrogens is 492 g/mol. The molecule has 0 bridgehead atoms. The van der Waals surface area contributed by atoms with Crippen LogP contribution in [0.2, 0.25) is 0 Å². The Kier molecular flexibility index (Phi) is 5.03. The topological polar surface area (TPSA) is 66.5 Å². The number of para-hydroxylation sites is 2. The Bertz CT molecular complexity index is 1640. The van der Waals surface area contributed by atoms with Crippen LogP contribution in [0.4, 0.5) is 11.4 Å². The van der Waals surface area contributed by atoms with Gasteiger partial charge in [0.2, 0.25) is 5.91 Å². The maximum atomic E-state index is 14.6. The molecule has 0 radical (unpaired) electrons. The van der Waals surface area contributed by atoms with E-state index in [0.29, 0.717) is 16.1 Å². The van der Waals surface area contributed by atoms with Crippen LogP contribution in [0, 0.1) is 5.92 Å². The van der Waals surface area contributed by atoms with Crippen LogP contribution in [-0.2, 0) is 10.2 Å². The predicted molar refractivity (Wildman–Crippen MR) is 150 cm³/mol. The third kappa shape index (κ3) is 2.95. The number of benzene rings is 3. The predicted octanol–water partition coefficient (Wildman–Crippen LogP) is 5.99. The van der Waals surface area contributed by atoms with Gasteiger partial charge >= 0.3 is 0 Å². The van der Waals surface area contributed by atoms with Crippen molar-refractivity contribution in [3.63, 3.8) is 0 Å². The summed E-state index contributed by atoms with van der Waals surface area (Å²) in [6, 6.07) is 26.8. The van der Waals surface area contributed by atoms with Crippen molar-refractivity contribution in [3.05, 3.63) is 124 Å². The fraction of sp³-hybridized carbons (Fsp3) is 0.156. The second kappa shape index (κ2) is 8.36. The first-order valence-electron chi connectivity index (χ1n) is 12.7. The van der Waals surface area contributed by atoms with Crippen LogP contribution in [0.3, 0.4) is 0 Å². The van der Waals surface area contributed by atoms with Gasteiger partial charge in [0.25, 0.3) is 0 Å². The van der Waals surface area contributed by atoms with E-state index in [2.05, 4.69) is 16.3 Å². The molecule has 3 aliphatic rings. The van der Waals surface area contributed by atoms with E-state index in [9.17, 15) is 14.4 Å². The summed E-state index contributed by atoms with van der Waals surface area (Å²) < 4.78 is 0. The van der Waals surface area contributed by atoms with Gasteiger partial charge in [-0.2, -0.15) is 0 Å². The van der Waals surface area contributed by atoms with Gasteiger partial charge in [-0.3, -0.25) is 14.4 Å². The van der Waals surface area contributed by atoms with Crippen LogP contribution in [0.25, 0.3) is 5.57 Å². The number of carbonyl (C=O) groups excluding carboxylic acids is 3. The van der Waals surface area contributed by atoms with E-state index < -0.39 is 23.4 Å². The molecule has 0 saturated carbocycles. The van der Waals surface area contributed by atoms with Crippen molar-refractivity contribution in [1.29, 1.82) is 0 Å². The van der Waals surface area contributed by atoms with Gasteiger partial charge in [-0.15, -0.1) is 11.3 Å². The highest BCUT2D eigenvalue weighted by Crippen LogP contribution is 2.58. The minimum atomic E-state index is -1.28. The first-order chi connectivity index (χ1) is 18.5. The van der Waals surface area contributed by atoms with Gasteiger partial charge in [0, 0.05) is 22.5 Å². The van der Waals surface area contributed by atoms with Gasteiger partial charge in [0.15, 0.2) is 11.6 Å². The summed E-state index contributed by atoms with van der Waals surface area (Å²) in [5.41, 5.74) is 3.56. The van der Waals surface area contributed by atoms with E-state index in [4.69, 9.17) is 0 Å². The minimum absolute atomic E-state index is 0.143. The van der Waals surface area contributed by atoms with Gasteiger partial charge in [-0.05, 0) is 41.6 Å². The number of fused-ring (bicyclic) bond motifs is 6. The maximum absolute atomic E-state index is 14.6. The van der Waals surface area contributed by atoms with Crippen molar-refractivity contribution in [2.75, 3.05) is 10.2 Å². The Hall–Kier alpha value is -4.29. The molecule has 1 fully saturated rings. The number of thiophene rings is 1. The van der Waals surface area contributed by atoms with Crippen molar-refractivity contribution in [1.82, 2.24) is 0 Å². The molecule has 4 atom stereocenters. The summed E-state index contributed by atoms with van der Waals surface area (Å²) in [7, 11) is 0. The molecule has 0 unspecified atom stereocenters. The van der Waals surface area contributed by atoms with Crippen LogP contribution in [0.1, 0.15) is 38.1 Å². The van der Waals surface area contributed by atoms with Crippen LogP contribution in [-0.4, -0.2) is 29.6 Å². The summed E-state index contributed by atoms with van der Waals surface area (Å²) in [5.74, 6) is -1.53. The van der Waals surface area contributed by atoms with Gasteiger partial charge in [-0.25, -0.2) is 0 Å². The molecule has 1 amide bonds. The molecule has 1 saturated heterocycles. The summed E-state index contributed by atoms with van der Waals surface area (Å²) in [6.07, 6.45) is 2.08. The normalized spacial score (nSPS) is 24.9. The van der Waals surface area contributed by atoms with E-state index in [1.807, 2.05) is 85.1 Å². The Balaban J connectivity index is 1.57. The van der Waals surface area contributed by atoms with Crippen molar-refractivity contribution in [2.45, 2.75) is 24.4 Å². The lowest BCUT2D eigenvalue weighted by Gasteiger charge is -2.39. The Labute approximate surface area is 224 Å². The average molecular weight is 517 g/mol. The number of nitrogens with zero attached hydrogens (tertiary/aromatic N) is 1. The van der Waals surface area contributed by atoms with E-state index in [-0.39, 0.29) is 17.5 Å². The molecule has 1 aromatic heterocycles. The third-order valence-electron chi connectivity index (χ3n) is 8.26. The molecule has 1 spiro atoms. The number of allylic oxidation sites excluding steroid dienone is 1. The number of amides is 1. The molecular formula is C32H24N2O3S. The number of carbonyl (C=O) groups is 3. The second-order valence-corrected chi connectivity index (χ2v) is 11.0. The lowest BCUT2D eigenvalue weighted by atomic mass is 9.64. The number of ketones is 2. The highest BCUT2D eigenvalue weighted by Gasteiger charge is 2.70. The zero-order valence-electron chi connectivity index (χ0n) is 20.6. The number of rotatable bonds is 4. The quantitative estimate of drug-likeness (QED) is 0.338. The van der Waals surface area contributed by atoms with E-state index in [1.165, 1.54) is 11.3 Å². The summed E-state index contributed by atoms with van der Waals surface area (Å²) >= 11 is 1.36. The van der Waals surface area contributed by atoms with Gasteiger partial charge < -0.3 is 10.2 Å². The standard InChI is InChI=1S/C32H24N2O3S/c1-19-18-26-32(22-13-6-7-14-23(22)33-31(32)37)27(29(35)20-10-3-2-4-11-20)28(30(36)25-16-9-17-38-25)34(26)24-15-8-5-12-21(19)24/h2-18,26-28H,1H3,(H,33,37)/t26-,27+,28-,32+/m0/s1. The number of anilines is 2. The Morgan fingerprint density at radius 3 is 2.39 bits per heavy atom. The smallest absolute Gasteiger partial charge is 0.238 e. The highest BCUT2D eigenvalue weighted by molar-refractivity contribution is 7.12. The molecule has 0 aliphatic carbocycles. The van der Waals surface area contributed by atoms with Crippen LogP contribution >= 0.6 is 11.3 Å². The van der Waals surface area contributed by atoms with Gasteiger partial charge in [-0.1, -0.05) is 78.9 Å². The molecule has 3 aromatic carbocycles. The van der Waals surface area contributed by atoms with Crippen molar-refractivity contribution >= 4 is 45.8 Å². The van der Waals surface area contributed by atoms with Crippen molar-refractivity contribution in [3.8, 4) is 0 Å². The van der Waals surface area contributed by atoms with E-state index >= 15 is 0 Å². The first-order valence-corrected chi connectivity index (χ1v) is 13.6. The van der Waals surface area contributed by atoms with E-state index in [0.717, 1.165) is 22.4 Å². The minimum Gasteiger partial charge on any atom is -0.352 e. The van der Waals surface area contributed by atoms with Gasteiger partial charge in [0.05, 0.1) is 16.8 Å². The number of nitrogens with one attached hydrogen (secondary N) is 1. The lowest BCUT2D eigenvalue weighted by molar-refractivity contribution is -0.121.